The molecule has 166 valence electrons. The molecule has 1 atom stereocenters. The van der Waals surface area contributed by atoms with Crippen LogP contribution < -0.4 is 4.74 Å². The second-order valence-corrected chi connectivity index (χ2v) is 8.78. The van der Waals surface area contributed by atoms with Crippen LogP contribution in [0.3, 0.4) is 0 Å². The van der Waals surface area contributed by atoms with Gasteiger partial charge < -0.3 is 24.7 Å². The number of hydrogen-bond donors (Lipinski definition) is 3. The van der Waals surface area contributed by atoms with Gasteiger partial charge in [-0.15, -0.1) is 0 Å². The van der Waals surface area contributed by atoms with Crippen molar-refractivity contribution < 1.29 is 14.6 Å². The molecule has 0 fully saturated rings. The molecule has 0 saturated carbocycles. The summed E-state index contributed by atoms with van der Waals surface area (Å²) in [6.07, 6.45) is -1.05. The summed E-state index contributed by atoms with van der Waals surface area (Å²) in [5, 5.41) is 15.3. The van der Waals surface area contributed by atoms with Crippen LogP contribution in [0.1, 0.15) is 27.7 Å². The van der Waals surface area contributed by atoms with Crippen LogP contribution in [0.5, 0.6) is 5.75 Å². The number of carbonyl (C=O) groups excluding carboxylic acids is 1. The Bertz CT molecular complexity index is 1760. The van der Waals surface area contributed by atoms with Crippen molar-refractivity contribution in [3.05, 3.63) is 89.5 Å². The Labute approximate surface area is 194 Å². The minimum atomic E-state index is -1.05. The van der Waals surface area contributed by atoms with E-state index >= 15 is 0 Å². The summed E-state index contributed by atoms with van der Waals surface area (Å²) >= 11 is 0. The summed E-state index contributed by atoms with van der Waals surface area (Å²) in [4.78, 5) is 22.5. The van der Waals surface area contributed by atoms with Gasteiger partial charge >= 0.3 is 0 Å². The number of aromatic nitrogens is 2. The highest BCUT2D eigenvalue weighted by atomic mass is 16.5. The summed E-state index contributed by atoms with van der Waals surface area (Å²) in [5.41, 5.74) is 5.89. The Balaban J connectivity index is 1.53. The molecule has 34 heavy (non-hydrogen) atoms. The highest BCUT2D eigenvalue weighted by Gasteiger charge is 2.40. The molecule has 2 aromatic heterocycles. The lowest BCUT2D eigenvalue weighted by Gasteiger charge is -2.21. The number of methoxy groups -OCH3 is 1. The Kier molecular flexibility index (Phi) is 3.87. The van der Waals surface area contributed by atoms with E-state index in [-0.39, 0.29) is 5.91 Å². The van der Waals surface area contributed by atoms with Crippen molar-refractivity contribution in [2.75, 3.05) is 7.11 Å². The lowest BCUT2D eigenvalue weighted by atomic mass is 9.96. The first-order valence-corrected chi connectivity index (χ1v) is 11.2. The zero-order chi connectivity index (χ0) is 23.0. The largest absolute Gasteiger partial charge is 0.497 e. The van der Waals surface area contributed by atoms with Crippen molar-refractivity contribution in [3.63, 3.8) is 0 Å². The summed E-state index contributed by atoms with van der Waals surface area (Å²) in [5.74, 6) is 0.585. The number of para-hydroxylation sites is 2. The second kappa shape index (κ2) is 6.85. The molecule has 0 aliphatic carbocycles. The zero-order valence-corrected chi connectivity index (χ0v) is 18.4. The van der Waals surface area contributed by atoms with Crippen LogP contribution in [0.2, 0.25) is 0 Å². The maximum absolute atomic E-state index is 13.9. The van der Waals surface area contributed by atoms with Crippen molar-refractivity contribution in [2.24, 2.45) is 0 Å². The van der Waals surface area contributed by atoms with E-state index in [1.165, 1.54) is 0 Å². The molecule has 1 aliphatic heterocycles. The quantitative estimate of drug-likeness (QED) is 0.330. The van der Waals surface area contributed by atoms with E-state index in [2.05, 4.69) is 9.97 Å². The minimum absolute atomic E-state index is 0.166. The summed E-state index contributed by atoms with van der Waals surface area (Å²) in [7, 11) is 1.62. The zero-order valence-electron chi connectivity index (χ0n) is 18.4. The molecule has 4 aromatic carbocycles. The van der Waals surface area contributed by atoms with Crippen LogP contribution in [-0.4, -0.2) is 33.0 Å². The van der Waals surface area contributed by atoms with Crippen LogP contribution in [0.15, 0.2) is 72.8 Å². The Morgan fingerprint density at radius 1 is 0.853 bits per heavy atom. The van der Waals surface area contributed by atoms with E-state index in [9.17, 15) is 9.90 Å². The molecule has 0 saturated heterocycles. The predicted molar refractivity (Wildman–Crippen MR) is 133 cm³/mol. The van der Waals surface area contributed by atoms with E-state index in [4.69, 9.17) is 4.74 Å². The molecular formula is C28H21N3O3. The fourth-order valence-corrected chi connectivity index (χ4v) is 5.43. The molecule has 6 aromatic rings. The number of nitrogens with zero attached hydrogens (tertiary/aromatic N) is 1. The van der Waals surface area contributed by atoms with Gasteiger partial charge in [0, 0.05) is 44.7 Å². The molecule has 1 amide bonds. The number of aliphatic hydroxyl groups excluding tert-OH is 1. The minimum Gasteiger partial charge on any atom is -0.497 e. The lowest BCUT2D eigenvalue weighted by molar-refractivity contribution is 0.0144. The van der Waals surface area contributed by atoms with Crippen molar-refractivity contribution in [1.82, 2.24) is 14.9 Å². The van der Waals surface area contributed by atoms with Crippen molar-refractivity contribution in [1.29, 1.82) is 0 Å². The van der Waals surface area contributed by atoms with Gasteiger partial charge in [-0.1, -0.05) is 48.5 Å². The Hall–Kier alpha value is -4.29. The van der Waals surface area contributed by atoms with Gasteiger partial charge in [-0.3, -0.25) is 4.79 Å². The van der Waals surface area contributed by atoms with Crippen LogP contribution in [0.4, 0.5) is 0 Å². The van der Waals surface area contributed by atoms with Crippen LogP contribution >= 0.6 is 0 Å². The third-order valence-electron chi connectivity index (χ3n) is 6.99. The van der Waals surface area contributed by atoms with Crippen molar-refractivity contribution >= 4 is 49.5 Å². The average Bonchev–Trinajstić information content (AvgIpc) is 3.51. The molecule has 0 bridgehead atoms. The number of benzene rings is 4. The molecule has 6 nitrogen and oxygen atoms in total. The molecule has 7 rings (SSSR count). The van der Waals surface area contributed by atoms with Gasteiger partial charge in [0.05, 0.1) is 23.7 Å². The first-order valence-electron chi connectivity index (χ1n) is 11.2. The highest BCUT2D eigenvalue weighted by Crippen LogP contribution is 2.47. The van der Waals surface area contributed by atoms with E-state index in [1.54, 1.807) is 12.0 Å². The van der Waals surface area contributed by atoms with Gasteiger partial charge in [-0.25, -0.2) is 0 Å². The van der Waals surface area contributed by atoms with Gasteiger partial charge in [-0.2, -0.15) is 0 Å². The molecule has 3 heterocycles. The summed E-state index contributed by atoms with van der Waals surface area (Å²) < 4.78 is 5.26. The number of fused-ring (bicyclic) bond motifs is 10. The topological polar surface area (TPSA) is 81.3 Å². The van der Waals surface area contributed by atoms with Gasteiger partial charge in [0.1, 0.15) is 5.75 Å². The fraction of sp³-hybridized carbons (Fsp3) is 0.107. The van der Waals surface area contributed by atoms with Gasteiger partial charge in [0.25, 0.3) is 5.91 Å². The number of hydrogen-bond acceptors (Lipinski definition) is 3. The SMILES string of the molecule is COc1ccc(CN2C(=O)c3c(c4c5ccccc5[nH]c4c4[nH]c5ccccc5c34)C2O)cc1. The molecule has 0 radical (unpaired) electrons. The molecule has 3 N–H and O–H groups in total. The van der Waals surface area contributed by atoms with Gasteiger partial charge in [0.2, 0.25) is 0 Å². The third kappa shape index (κ3) is 2.46. The standard InChI is InChI=1S/C28H21N3O3/c1-34-16-12-10-15(11-13-16)14-31-27(32)23-21-17-6-2-4-8-19(17)29-25(21)26-22(24(23)28(31)33)18-7-3-5-9-20(18)30-26/h2-13,27,29-30,32H,14H2,1H3. The number of aliphatic hydroxyl groups is 1. The van der Waals surface area contributed by atoms with Crippen LogP contribution in [0.25, 0.3) is 43.6 Å². The molecule has 6 heteroatoms. The number of aromatic amines is 2. The average molecular weight is 447 g/mol. The number of rotatable bonds is 3. The van der Waals surface area contributed by atoms with Gasteiger partial charge in [0.15, 0.2) is 6.23 Å². The second-order valence-electron chi connectivity index (χ2n) is 8.78. The summed E-state index contributed by atoms with van der Waals surface area (Å²) in [6.45, 7) is 0.298. The van der Waals surface area contributed by atoms with Crippen LogP contribution in [-0.2, 0) is 6.54 Å². The van der Waals surface area contributed by atoms with Gasteiger partial charge in [-0.05, 0) is 29.8 Å². The van der Waals surface area contributed by atoms with E-state index < -0.39 is 6.23 Å². The third-order valence-corrected chi connectivity index (χ3v) is 6.99. The molecule has 1 aliphatic rings. The Morgan fingerprint density at radius 2 is 1.44 bits per heavy atom. The number of carbonyl (C=O) groups is 1. The monoisotopic (exact) mass is 447 g/mol. The fourth-order valence-electron chi connectivity index (χ4n) is 5.43. The van der Waals surface area contributed by atoms with Crippen LogP contribution in [0, 0.1) is 0 Å². The number of H-pyrrole nitrogens is 2. The normalized spacial score (nSPS) is 15.8. The lowest BCUT2D eigenvalue weighted by Crippen LogP contribution is -2.27. The smallest absolute Gasteiger partial charge is 0.257 e. The highest BCUT2D eigenvalue weighted by molar-refractivity contribution is 6.30. The summed E-state index contributed by atoms with van der Waals surface area (Å²) in [6, 6.07) is 23.6. The van der Waals surface area contributed by atoms with Crippen molar-refractivity contribution in [2.45, 2.75) is 12.8 Å². The Morgan fingerprint density at radius 3 is 2.09 bits per heavy atom. The van der Waals surface area contributed by atoms with E-state index in [0.29, 0.717) is 17.7 Å². The van der Waals surface area contributed by atoms with E-state index in [0.717, 1.165) is 54.9 Å². The molecular weight excluding hydrogens is 426 g/mol. The molecule has 0 spiro atoms. The predicted octanol–water partition coefficient (Wildman–Crippen LogP) is 5.61. The van der Waals surface area contributed by atoms with E-state index in [1.807, 2.05) is 72.8 Å². The maximum Gasteiger partial charge on any atom is 0.257 e. The number of amides is 1. The number of ether oxygens (including phenoxy) is 1. The maximum atomic E-state index is 13.9. The number of nitrogens with one attached hydrogen (secondary N) is 2. The molecule has 1 unspecified atom stereocenters. The van der Waals surface area contributed by atoms with Crippen molar-refractivity contribution in [3.8, 4) is 5.75 Å². The first kappa shape index (κ1) is 19.2. The first-order chi connectivity index (χ1) is 16.7.